The van der Waals surface area contributed by atoms with E-state index in [9.17, 15) is 4.79 Å². The van der Waals surface area contributed by atoms with Gasteiger partial charge in [0.15, 0.2) is 12.6 Å². The van der Waals surface area contributed by atoms with Crippen LogP contribution in [0.3, 0.4) is 0 Å². The zero-order valence-corrected chi connectivity index (χ0v) is 21.4. The van der Waals surface area contributed by atoms with Crippen molar-refractivity contribution in [2.45, 2.75) is 69.9 Å². The fourth-order valence-corrected chi connectivity index (χ4v) is 4.98. The number of piperidine rings is 1. The van der Waals surface area contributed by atoms with Gasteiger partial charge in [-0.05, 0) is 70.4 Å². The number of nitrogens with zero attached hydrogens (tertiary/aromatic N) is 4. The van der Waals surface area contributed by atoms with Gasteiger partial charge in [-0.3, -0.25) is 4.90 Å². The molecule has 0 N–H and O–H groups in total. The maximum atomic E-state index is 15.7. The molecule has 2 aromatic rings. The number of halogens is 1. The second-order valence-electron chi connectivity index (χ2n) is 10.2. The minimum absolute atomic E-state index is 0.0632. The summed E-state index contributed by atoms with van der Waals surface area (Å²) in [6, 6.07) is 8.02. The minimum Gasteiger partial charge on any atom is -0.467 e. The molecular weight excluding hydrogens is 463 g/mol. The van der Waals surface area contributed by atoms with Crippen LogP contribution < -0.4 is 9.64 Å². The lowest BCUT2D eigenvalue weighted by Gasteiger charge is -2.44. The number of methoxy groups -OCH3 is 1. The molecule has 0 spiro atoms. The van der Waals surface area contributed by atoms with Gasteiger partial charge in [0.1, 0.15) is 17.5 Å². The van der Waals surface area contributed by atoms with Crippen LogP contribution in [0.2, 0.25) is 0 Å². The van der Waals surface area contributed by atoms with Crippen LogP contribution >= 0.6 is 0 Å². The second-order valence-corrected chi connectivity index (χ2v) is 10.2. The predicted octanol–water partition coefficient (Wildman–Crippen LogP) is 4.42. The smallest absolute Gasteiger partial charge is 0.410 e. The quantitative estimate of drug-likeness (QED) is 0.433. The number of carbonyl (C=O) groups is 1. The van der Waals surface area contributed by atoms with E-state index < -0.39 is 29.9 Å². The molecule has 0 radical (unpaired) electrons. The van der Waals surface area contributed by atoms with Crippen LogP contribution in [-0.4, -0.2) is 72.0 Å². The number of terminal acetylenes is 1. The van der Waals surface area contributed by atoms with Crippen molar-refractivity contribution in [1.29, 1.82) is 0 Å². The van der Waals surface area contributed by atoms with Crippen LogP contribution in [0.25, 0.3) is 11.3 Å². The number of ether oxygens (including phenoxy) is 3. The van der Waals surface area contributed by atoms with Gasteiger partial charge in [-0.25, -0.2) is 9.18 Å². The molecule has 2 fully saturated rings. The van der Waals surface area contributed by atoms with Crippen molar-refractivity contribution in [3.05, 3.63) is 35.9 Å². The summed E-state index contributed by atoms with van der Waals surface area (Å²) in [6.07, 6.45) is 5.73. The van der Waals surface area contributed by atoms with Crippen molar-refractivity contribution in [3.8, 4) is 29.4 Å². The summed E-state index contributed by atoms with van der Waals surface area (Å²) in [6.45, 7) is 5.52. The number of benzene rings is 1. The van der Waals surface area contributed by atoms with Crippen molar-refractivity contribution in [2.24, 2.45) is 0 Å². The minimum atomic E-state index is -1.23. The number of aromatic nitrogens is 2. The third-order valence-corrected chi connectivity index (χ3v) is 6.67. The summed E-state index contributed by atoms with van der Waals surface area (Å²) >= 11 is 0. The lowest BCUT2D eigenvalue weighted by atomic mass is 9.94. The third kappa shape index (κ3) is 5.24. The molecule has 1 aromatic heterocycles. The van der Waals surface area contributed by atoms with Crippen molar-refractivity contribution in [3.63, 3.8) is 0 Å². The Labute approximate surface area is 211 Å². The highest BCUT2D eigenvalue weighted by Crippen LogP contribution is 2.41. The van der Waals surface area contributed by atoms with Gasteiger partial charge in [0.25, 0.3) is 0 Å². The van der Waals surface area contributed by atoms with E-state index in [-0.39, 0.29) is 12.8 Å². The number of hydrogen-bond acceptors (Lipinski definition) is 7. The standard InChI is InChI=1S/C27H33FN4O4/c1-7-17-8-10-19(23(14-17)35-16-34-6)20-11-13-24(30-29-20)31(5)22-15-18-9-12-21(25(22)28)32(18)26(33)36-27(2,3)4/h1,8,10-11,13-14,18,21-22,25H,9,12,15-16H2,2-6H3/t18-,21+,22-,25+/m1/s1. The maximum absolute atomic E-state index is 15.7. The Hall–Kier alpha value is -3.38. The van der Waals surface area contributed by atoms with E-state index in [0.717, 1.165) is 12.0 Å². The first kappa shape index (κ1) is 25.7. The summed E-state index contributed by atoms with van der Waals surface area (Å²) in [7, 11) is 3.36. The fourth-order valence-electron chi connectivity index (χ4n) is 4.98. The van der Waals surface area contributed by atoms with Crippen molar-refractivity contribution >= 4 is 11.9 Å². The van der Waals surface area contributed by atoms with E-state index in [1.165, 1.54) is 7.11 Å². The van der Waals surface area contributed by atoms with Crippen LogP contribution in [0.1, 0.15) is 45.6 Å². The molecule has 8 nitrogen and oxygen atoms in total. The van der Waals surface area contributed by atoms with Gasteiger partial charge >= 0.3 is 6.09 Å². The van der Waals surface area contributed by atoms with Gasteiger partial charge in [-0.15, -0.1) is 16.6 Å². The van der Waals surface area contributed by atoms with E-state index >= 15 is 4.39 Å². The number of anilines is 1. The first-order valence-electron chi connectivity index (χ1n) is 12.1. The molecule has 0 saturated carbocycles. The SMILES string of the molecule is C#Cc1ccc(-c2ccc(N(C)[C@@H]3C[C@H]4CC[C@@H]([C@@H]3F)N4C(=O)OC(C)(C)C)nn2)c(OCOC)c1. The summed E-state index contributed by atoms with van der Waals surface area (Å²) in [4.78, 5) is 16.2. The molecular formula is C27H33FN4O4. The summed E-state index contributed by atoms with van der Waals surface area (Å²) in [5.74, 6) is 3.68. The number of hydrogen-bond donors (Lipinski definition) is 0. The summed E-state index contributed by atoms with van der Waals surface area (Å²) < 4.78 is 32.0. The van der Waals surface area contributed by atoms with Gasteiger partial charge < -0.3 is 19.1 Å². The van der Waals surface area contributed by atoms with Crippen molar-refractivity contribution in [2.75, 3.05) is 25.9 Å². The van der Waals surface area contributed by atoms with E-state index in [2.05, 4.69) is 16.1 Å². The van der Waals surface area contributed by atoms with Crippen LogP contribution in [0.15, 0.2) is 30.3 Å². The molecule has 9 heteroatoms. The summed E-state index contributed by atoms with van der Waals surface area (Å²) in [5.41, 5.74) is 1.37. The average molecular weight is 497 g/mol. The molecule has 0 aliphatic carbocycles. The Kier molecular flexibility index (Phi) is 7.36. The van der Waals surface area contributed by atoms with E-state index in [0.29, 0.717) is 35.7 Å². The molecule has 2 aliphatic rings. The van der Waals surface area contributed by atoms with Crippen LogP contribution in [0, 0.1) is 12.3 Å². The Morgan fingerprint density at radius 2 is 2.03 bits per heavy atom. The Balaban J connectivity index is 1.51. The van der Waals surface area contributed by atoms with Crippen molar-refractivity contribution < 1.29 is 23.4 Å². The molecule has 192 valence electrons. The van der Waals surface area contributed by atoms with E-state index in [1.807, 2.05) is 50.9 Å². The summed E-state index contributed by atoms with van der Waals surface area (Å²) in [5, 5.41) is 8.76. The average Bonchev–Trinajstić information content (AvgIpc) is 3.20. The highest BCUT2D eigenvalue weighted by molar-refractivity contribution is 5.70. The molecule has 1 amide bonds. The van der Waals surface area contributed by atoms with E-state index in [1.54, 1.807) is 17.0 Å². The monoisotopic (exact) mass is 496 g/mol. The Morgan fingerprint density at radius 3 is 2.67 bits per heavy atom. The van der Waals surface area contributed by atoms with Crippen molar-refractivity contribution in [1.82, 2.24) is 15.1 Å². The number of amides is 1. The fraction of sp³-hybridized carbons (Fsp3) is 0.519. The first-order chi connectivity index (χ1) is 17.1. The normalized spacial score (nSPS) is 23.2. The Bertz CT molecular complexity index is 1130. The number of carbonyl (C=O) groups excluding carboxylic acids is 1. The molecule has 36 heavy (non-hydrogen) atoms. The van der Waals surface area contributed by atoms with Gasteiger partial charge in [-0.2, -0.15) is 0 Å². The van der Waals surface area contributed by atoms with Gasteiger partial charge in [0, 0.05) is 31.3 Å². The number of alkyl halides is 1. The zero-order valence-electron chi connectivity index (χ0n) is 21.4. The maximum Gasteiger partial charge on any atom is 0.410 e. The first-order valence-corrected chi connectivity index (χ1v) is 12.1. The lowest BCUT2D eigenvalue weighted by molar-refractivity contribution is -0.0104. The second kappa shape index (κ2) is 10.3. The van der Waals surface area contributed by atoms with Crippen LogP contribution in [-0.2, 0) is 9.47 Å². The van der Waals surface area contributed by atoms with Gasteiger partial charge in [0.2, 0.25) is 0 Å². The molecule has 1 aromatic carbocycles. The highest BCUT2D eigenvalue weighted by atomic mass is 19.1. The third-order valence-electron chi connectivity index (χ3n) is 6.67. The molecule has 0 unspecified atom stereocenters. The molecule has 4 atom stereocenters. The molecule has 2 aliphatic heterocycles. The lowest BCUT2D eigenvalue weighted by Crippen LogP contribution is -2.59. The zero-order chi connectivity index (χ0) is 26.0. The van der Waals surface area contributed by atoms with Gasteiger partial charge in [0.05, 0.1) is 17.8 Å². The largest absolute Gasteiger partial charge is 0.467 e. The topological polar surface area (TPSA) is 77.0 Å². The number of fused-ring (bicyclic) bond motifs is 2. The highest BCUT2D eigenvalue weighted by Gasteiger charge is 2.52. The van der Waals surface area contributed by atoms with Gasteiger partial charge in [-0.1, -0.05) is 5.92 Å². The molecule has 4 rings (SSSR count). The molecule has 2 saturated heterocycles. The number of rotatable bonds is 6. The predicted molar refractivity (Wildman–Crippen MR) is 134 cm³/mol. The Morgan fingerprint density at radius 1 is 1.25 bits per heavy atom. The van der Waals surface area contributed by atoms with Crippen LogP contribution in [0.5, 0.6) is 5.75 Å². The molecule has 2 bridgehead atoms. The van der Waals surface area contributed by atoms with E-state index in [4.69, 9.17) is 20.6 Å². The molecule has 3 heterocycles. The van der Waals surface area contributed by atoms with Crippen LogP contribution in [0.4, 0.5) is 15.0 Å².